The smallest absolute Gasteiger partial charge is 0.224 e. The molecule has 118 valence electrons. The summed E-state index contributed by atoms with van der Waals surface area (Å²) in [7, 11) is 4.05. The van der Waals surface area contributed by atoms with Crippen LogP contribution in [0, 0.1) is 0 Å². The average Bonchev–Trinajstić information content (AvgIpc) is 2.44. The van der Waals surface area contributed by atoms with Gasteiger partial charge in [-0.2, -0.15) is 0 Å². The third-order valence-electron chi connectivity index (χ3n) is 3.45. The second kappa shape index (κ2) is 8.67. The molecule has 0 aliphatic rings. The third kappa shape index (κ3) is 6.17. The van der Waals surface area contributed by atoms with Crippen molar-refractivity contribution >= 4 is 11.6 Å². The fourth-order valence-corrected chi connectivity index (χ4v) is 2.12. The minimum atomic E-state index is 0.210. The largest absolute Gasteiger partial charge is 0.378 e. The lowest BCUT2D eigenvalue weighted by molar-refractivity contribution is -0.131. The first-order chi connectivity index (χ1) is 9.93. The zero-order valence-corrected chi connectivity index (χ0v) is 14.0. The van der Waals surface area contributed by atoms with Gasteiger partial charge in [0.15, 0.2) is 0 Å². The minimum Gasteiger partial charge on any atom is -0.378 e. The van der Waals surface area contributed by atoms with Crippen molar-refractivity contribution in [1.82, 2.24) is 10.2 Å². The number of carbonyl (C=O) groups excluding carboxylic acids is 1. The summed E-state index contributed by atoms with van der Waals surface area (Å²) < 4.78 is 0. The number of amides is 1. The summed E-state index contributed by atoms with van der Waals surface area (Å²) in [6.45, 7) is 8.39. The molecule has 1 N–H and O–H groups in total. The SMILES string of the molecule is CCN(Cc1ccc(N(C)C)cc1)C(=O)CCNC(C)C. The van der Waals surface area contributed by atoms with Gasteiger partial charge in [-0.1, -0.05) is 26.0 Å². The van der Waals surface area contributed by atoms with Crippen molar-refractivity contribution in [3.05, 3.63) is 29.8 Å². The van der Waals surface area contributed by atoms with E-state index in [-0.39, 0.29) is 5.91 Å². The van der Waals surface area contributed by atoms with E-state index in [1.807, 2.05) is 25.9 Å². The summed E-state index contributed by atoms with van der Waals surface area (Å²) in [6, 6.07) is 8.79. The van der Waals surface area contributed by atoms with Crippen molar-refractivity contribution in [3.63, 3.8) is 0 Å². The lowest BCUT2D eigenvalue weighted by Crippen LogP contribution is -2.34. The van der Waals surface area contributed by atoms with Crippen LogP contribution in [0.1, 0.15) is 32.8 Å². The summed E-state index contributed by atoms with van der Waals surface area (Å²) in [5, 5.41) is 3.29. The molecule has 1 amide bonds. The van der Waals surface area contributed by atoms with Crippen LogP contribution in [0.2, 0.25) is 0 Å². The molecule has 0 aromatic heterocycles. The third-order valence-corrected chi connectivity index (χ3v) is 3.45. The molecule has 0 spiro atoms. The van der Waals surface area contributed by atoms with Gasteiger partial charge in [-0.15, -0.1) is 0 Å². The fourth-order valence-electron chi connectivity index (χ4n) is 2.12. The van der Waals surface area contributed by atoms with Gasteiger partial charge < -0.3 is 15.1 Å². The molecule has 0 radical (unpaired) electrons. The first-order valence-electron chi connectivity index (χ1n) is 7.71. The highest BCUT2D eigenvalue weighted by Gasteiger charge is 2.12. The van der Waals surface area contributed by atoms with Crippen molar-refractivity contribution in [2.45, 2.75) is 39.8 Å². The lowest BCUT2D eigenvalue weighted by Gasteiger charge is -2.22. The van der Waals surface area contributed by atoms with E-state index < -0.39 is 0 Å². The summed E-state index contributed by atoms with van der Waals surface area (Å²) in [6.07, 6.45) is 0.557. The van der Waals surface area contributed by atoms with Crippen molar-refractivity contribution in [2.75, 3.05) is 32.1 Å². The Hall–Kier alpha value is -1.55. The van der Waals surface area contributed by atoms with E-state index in [1.54, 1.807) is 0 Å². The van der Waals surface area contributed by atoms with E-state index in [2.05, 4.69) is 48.3 Å². The molecule has 4 heteroatoms. The normalized spacial score (nSPS) is 10.8. The quantitative estimate of drug-likeness (QED) is 0.799. The van der Waals surface area contributed by atoms with Crippen LogP contribution in [0.3, 0.4) is 0 Å². The van der Waals surface area contributed by atoms with E-state index in [0.29, 0.717) is 19.0 Å². The Morgan fingerprint density at radius 3 is 2.29 bits per heavy atom. The van der Waals surface area contributed by atoms with Crippen LogP contribution in [-0.4, -0.2) is 44.0 Å². The van der Waals surface area contributed by atoms with Crippen LogP contribution in [0.25, 0.3) is 0 Å². The minimum absolute atomic E-state index is 0.210. The highest BCUT2D eigenvalue weighted by molar-refractivity contribution is 5.76. The van der Waals surface area contributed by atoms with Gasteiger partial charge in [-0.05, 0) is 24.6 Å². The van der Waals surface area contributed by atoms with Crippen molar-refractivity contribution in [2.24, 2.45) is 0 Å². The average molecular weight is 291 g/mol. The molecular weight excluding hydrogens is 262 g/mol. The topological polar surface area (TPSA) is 35.6 Å². The van der Waals surface area contributed by atoms with E-state index in [1.165, 1.54) is 11.3 Å². The van der Waals surface area contributed by atoms with Gasteiger partial charge in [0.05, 0.1) is 0 Å². The standard InChI is InChI=1S/C17H29N3O/c1-6-20(17(21)11-12-18-14(2)3)13-15-7-9-16(10-8-15)19(4)5/h7-10,14,18H,6,11-13H2,1-5H3. The lowest BCUT2D eigenvalue weighted by atomic mass is 10.2. The number of hydrogen-bond donors (Lipinski definition) is 1. The second-order valence-corrected chi connectivity index (χ2v) is 5.83. The molecule has 0 atom stereocenters. The summed E-state index contributed by atoms with van der Waals surface area (Å²) in [5.41, 5.74) is 2.35. The predicted octanol–water partition coefficient (Wildman–Crippen LogP) is 2.49. The van der Waals surface area contributed by atoms with Gasteiger partial charge in [-0.25, -0.2) is 0 Å². The van der Waals surface area contributed by atoms with E-state index in [9.17, 15) is 4.79 Å². The molecule has 21 heavy (non-hydrogen) atoms. The van der Waals surface area contributed by atoms with Gasteiger partial charge in [0.1, 0.15) is 0 Å². The Labute approximate surface area is 129 Å². The molecule has 4 nitrogen and oxygen atoms in total. The van der Waals surface area contributed by atoms with Crippen LogP contribution < -0.4 is 10.2 Å². The molecule has 1 aromatic rings. The molecule has 0 bridgehead atoms. The van der Waals surface area contributed by atoms with Crippen molar-refractivity contribution in [1.29, 1.82) is 0 Å². The predicted molar refractivity (Wildman–Crippen MR) is 89.6 cm³/mol. The number of benzene rings is 1. The zero-order valence-electron chi connectivity index (χ0n) is 14.0. The second-order valence-electron chi connectivity index (χ2n) is 5.83. The monoisotopic (exact) mass is 291 g/mol. The van der Waals surface area contributed by atoms with E-state index in [0.717, 1.165) is 13.1 Å². The number of anilines is 1. The van der Waals surface area contributed by atoms with Gasteiger partial charge in [0.25, 0.3) is 0 Å². The molecule has 0 saturated carbocycles. The molecular formula is C17H29N3O. The van der Waals surface area contributed by atoms with Crippen LogP contribution in [-0.2, 0) is 11.3 Å². The number of nitrogens with one attached hydrogen (secondary N) is 1. The highest BCUT2D eigenvalue weighted by Crippen LogP contribution is 2.14. The molecule has 0 unspecified atom stereocenters. The van der Waals surface area contributed by atoms with E-state index in [4.69, 9.17) is 0 Å². The number of hydrogen-bond acceptors (Lipinski definition) is 3. The number of nitrogens with zero attached hydrogens (tertiary/aromatic N) is 2. The zero-order chi connectivity index (χ0) is 15.8. The number of carbonyl (C=O) groups is 1. The van der Waals surface area contributed by atoms with Crippen molar-refractivity contribution < 1.29 is 4.79 Å². The van der Waals surface area contributed by atoms with Crippen LogP contribution in [0.5, 0.6) is 0 Å². The molecule has 0 saturated heterocycles. The maximum atomic E-state index is 12.2. The molecule has 1 aromatic carbocycles. The Morgan fingerprint density at radius 2 is 1.81 bits per heavy atom. The molecule has 0 aliphatic carbocycles. The van der Waals surface area contributed by atoms with Crippen LogP contribution in [0.15, 0.2) is 24.3 Å². The Kier molecular flexibility index (Phi) is 7.23. The van der Waals surface area contributed by atoms with Crippen LogP contribution >= 0.6 is 0 Å². The molecule has 0 aliphatic heterocycles. The summed E-state index contributed by atoms with van der Waals surface area (Å²) >= 11 is 0. The fraction of sp³-hybridized carbons (Fsp3) is 0.588. The molecule has 1 rings (SSSR count). The van der Waals surface area contributed by atoms with Gasteiger partial charge in [0.2, 0.25) is 5.91 Å². The van der Waals surface area contributed by atoms with E-state index >= 15 is 0 Å². The van der Waals surface area contributed by atoms with Gasteiger partial charge in [0, 0.05) is 51.9 Å². The summed E-state index contributed by atoms with van der Waals surface area (Å²) in [5.74, 6) is 0.210. The molecule has 0 fully saturated rings. The highest BCUT2D eigenvalue weighted by atomic mass is 16.2. The number of rotatable bonds is 8. The molecule has 0 heterocycles. The first kappa shape index (κ1) is 17.5. The summed E-state index contributed by atoms with van der Waals surface area (Å²) in [4.78, 5) is 16.2. The Bertz CT molecular complexity index is 426. The van der Waals surface area contributed by atoms with Crippen molar-refractivity contribution in [3.8, 4) is 0 Å². The first-order valence-corrected chi connectivity index (χ1v) is 7.71. The van der Waals surface area contributed by atoms with Gasteiger partial charge in [-0.3, -0.25) is 4.79 Å². The van der Waals surface area contributed by atoms with Crippen LogP contribution in [0.4, 0.5) is 5.69 Å². The maximum absolute atomic E-state index is 12.2. The Morgan fingerprint density at radius 1 is 1.19 bits per heavy atom. The maximum Gasteiger partial charge on any atom is 0.224 e. The van der Waals surface area contributed by atoms with Gasteiger partial charge >= 0.3 is 0 Å². The Balaban J connectivity index is 2.54.